The molecule has 0 aromatic heterocycles. The van der Waals surface area contributed by atoms with E-state index in [0.717, 1.165) is 26.1 Å². The van der Waals surface area contributed by atoms with Gasteiger partial charge in [-0.1, -0.05) is 30.3 Å². The highest BCUT2D eigenvalue weighted by Crippen LogP contribution is 2.26. The fraction of sp³-hybridized carbons (Fsp3) is 0.588. The number of hydrogen-bond donors (Lipinski definition) is 1. The van der Waals surface area contributed by atoms with E-state index in [-0.39, 0.29) is 5.91 Å². The van der Waals surface area contributed by atoms with Crippen molar-refractivity contribution in [2.75, 3.05) is 26.2 Å². The van der Waals surface area contributed by atoms with Gasteiger partial charge in [-0.05, 0) is 38.3 Å². The number of likely N-dealkylation sites (N-methyl/N-ethyl adjacent to an activating group) is 1. The number of carbonyl (C=O) groups is 1. The molecule has 0 radical (unpaired) electrons. The summed E-state index contributed by atoms with van der Waals surface area (Å²) in [7, 11) is 0. The Bertz CT molecular complexity index is 431. The average molecular weight is 289 g/mol. The van der Waals surface area contributed by atoms with Gasteiger partial charge in [0.1, 0.15) is 0 Å². The van der Waals surface area contributed by atoms with E-state index in [1.165, 1.54) is 18.4 Å². The van der Waals surface area contributed by atoms with Crippen molar-refractivity contribution in [2.45, 2.75) is 38.8 Å². The predicted molar refractivity (Wildman–Crippen MR) is 85.8 cm³/mol. The van der Waals surface area contributed by atoms with Crippen molar-refractivity contribution in [3.05, 3.63) is 35.9 Å². The molecular weight excluding hydrogens is 262 g/mol. The Morgan fingerprint density at radius 2 is 2.00 bits per heavy atom. The Morgan fingerprint density at radius 3 is 2.57 bits per heavy atom. The molecule has 4 nitrogen and oxygen atoms in total. The van der Waals surface area contributed by atoms with Crippen LogP contribution in [0.15, 0.2) is 30.3 Å². The zero-order chi connectivity index (χ0) is 15.1. The van der Waals surface area contributed by atoms with Crippen molar-refractivity contribution < 1.29 is 4.79 Å². The van der Waals surface area contributed by atoms with Crippen molar-refractivity contribution in [2.24, 2.45) is 5.73 Å². The van der Waals surface area contributed by atoms with Crippen LogP contribution in [0.2, 0.25) is 0 Å². The fourth-order valence-corrected chi connectivity index (χ4v) is 2.68. The van der Waals surface area contributed by atoms with Crippen LogP contribution in [0, 0.1) is 0 Å². The molecule has 1 aromatic rings. The van der Waals surface area contributed by atoms with Gasteiger partial charge in [0.15, 0.2) is 0 Å². The van der Waals surface area contributed by atoms with Crippen LogP contribution in [0.1, 0.15) is 31.7 Å². The van der Waals surface area contributed by atoms with E-state index >= 15 is 0 Å². The van der Waals surface area contributed by atoms with Gasteiger partial charge in [0.2, 0.25) is 5.91 Å². The maximum Gasteiger partial charge on any atom is 0.236 e. The molecule has 1 saturated carbocycles. The van der Waals surface area contributed by atoms with Crippen molar-refractivity contribution in [1.82, 2.24) is 9.80 Å². The van der Waals surface area contributed by atoms with Crippen LogP contribution in [-0.4, -0.2) is 47.9 Å². The zero-order valence-electron chi connectivity index (χ0n) is 13.0. The highest BCUT2D eigenvalue weighted by atomic mass is 16.2. The zero-order valence-corrected chi connectivity index (χ0v) is 13.0. The van der Waals surface area contributed by atoms with Crippen LogP contribution in [-0.2, 0) is 11.3 Å². The molecule has 1 fully saturated rings. The Labute approximate surface area is 127 Å². The van der Waals surface area contributed by atoms with E-state index < -0.39 is 0 Å². The predicted octanol–water partition coefficient (Wildman–Crippen LogP) is 1.85. The quantitative estimate of drug-likeness (QED) is 0.755. The third-order valence-electron chi connectivity index (χ3n) is 3.94. The molecule has 0 heterocycles. The molecule has 1 aromatic carbocycles. The molecule has 2 rings (SSSR count). The second-order valence-corrected chi connectivity index (χ2v) is 5.75. The van der Waals surface area contributed by atoms with Gasteiger partial charge in [0.05, 0.1) is 6.54 Å². The van der Waals surface area contributed by atoms with E-state index in [4.69, 9.17) is 5.73 Å². The molecule has 0 atom stereocenters. The van der Waals surface area contributed by atoms with Crippen LogP contribution in [0.4, 0.5) is 0 Å². The topological polar surface area (TPSA) is 49.6 Å². The van der Waals surface area contributed by atoms with Gasteiger partial charge in [-0.25, -0.2) is 0 Å². The summed E-state index contributed by atoms with van der Waals surface area (Å²) in [5.41, 5.74) is 6.87. The average Bonchev–Trinajstić information content (AvgIpc) is 3.31. The maximum atomic E-state index is 12.5. The fourth-order valence-electron chi connectivity index (χ4n) is 2.68. The molecule has 0 unspecified atom stereocenters. The summed E-state index contributed by atoms with van der Waals surface area (Å²) in [5, 5.41) is 0. The Kier molecular flexibility index (Phi) is 6.21. The Hall–Kier alpha value is -1.39. The molecule has 1 amide bonds. The summed E-state index contributed by atoms with van der Waals surface area (Å²) in [6, 6.07) is 10.8. The van der Waals surface area contributed by atoms with Gasteiger partial charge < -0.3 is 10.6 Å². The summed E-state index contributed by atoms with van der Waals surface area (Å²) < 4.78 is 0. The van der Waals surface area contributed by atoms with Crippen LogP contribution in [0.5, 0.6) is 0 Å². The Balaban J connectivity index is 1.93. The van der Waals surface area contributed by atoms with E-state index in [9.17, 15) is 4.79 Å². The monoisotopic (exact) mass is 289 g/mol. The number of rotatable bonds is 9. The highest BCUT2D eigenvalue weighted by molar-refractivity contribution is 5.78. The third kappa shape index (κ3) is 5.14. The molecule has 2 N–H and O–H groups in total. The smallest absolute Gasteiger partial charge is 0.236 e. The minimum absolute atomic E-state index is 0.257. The lowest BCUT2D eigenvalue weighted by molar-refractivity contribution is -0.133. The maximum absolute atomic E-state index is 12.5. The van der Waals surface area contributed by atoms with Gasteiger partial charge in [0.25, 0.3) is 0 Å². The van der Waals surface area contributed by atoms with Gasteiger partial charge in [-0.15, -0.1) is 0 Å². The lowest BCUT2D eigenvalue weighted by atomic mass is 10.2. The molecular formula is C17H27N3O. The van der Waals surface area contributed by atoms with Crippen LogP contribution < -0.4 is 5.73 Å². The minimum Gasteiger partial charge on any atom is -0.339 e. The molecule has 116 valence electrons. The number of carbonyl (C=O) groups excluding carboxylic acids is 1. The number of hydrogen-bond acceptors (Lipinski definition) is 3. The van der Waals surface area contributed by atoms with Crippen molar-refractivity contribution in [3.63, 3.8) is 0 Å². The van der Waals surface area contributed by atoms with Crippen molar-refractivity contribution >= 4 is 5.91 Å². The van der Waals surface area contributed by atoms with E-state index in [2.05, 4.69) is 24.0 Å². The Morgan fingerprint density at radius 1 is 1.29 bits per heavy atom. The normalized spacial score (nSPS) is 14.4. The molecule has 0 spiro atoms. The number of nitrogens with zero attached hydrogens (tertiary/aromatic N) is 2. The summed E-state index contributed by atoms with van der Waals surface area (Å²) >= 11 is 0. The van der Waals surface area contributed by atoms with Gasteiger partial charge >= 0.3 is 0 Å². The summed E-state index contributed by atoms with van der Waals surface area (Å²) in [5.74, 6) is 0.257. The highest BCUT2D eigenvalue weighted by Gasteiger charge is 2.31. The summed E-state index contributed by atoms with van der Waals surface area (Å²) in [4.78, 5) is 16.7. The van der Waals surface area contributed by atoms with E-state index in [0.29, 0.717) is 19.1 Å². The van der Waals surface area contributed by atoms with Crippen molar-refractivity contribution in [3.8, 4) is 0 Å². The van der Waals surface area contributed by atoms with E-state index in [1.54, 1.807) is 0 Å². The SMILES string of the molecule is CCN(C(=O)CN(CCCN)Cc1ccccc1)C1CC1. The number of nitrogens with two attached hydrogens (primary N) is 1. The standard InChI is InChI=1S/C17H27N3O/c1-2-20(16-9-10-16)17(21)14-19(12-6-11-18)13-15-7-4-3-5-8-15/h3-5,7-8,16H,2,6,9-14,18H2,1H3. The van der Waals surface area contributed by atoms with Gasteiger partial charge in [-0.3, -0.25) is 9.69 Å². The second kappa shape index (κ2) is 8.15. The van der Waals surface area contributed by atoms with Crippen molar-refractivity contribution in [1.29, 1.82) is 0 Å². The first-order valence-corrected chi connectivity index (χ1v) is 8.00. The molecule has 0 bridgehead atoms. The van der Waals surface area contributed by atoms with E-state index in [1.807, 2.05) is 23.1 Å². The first-order valence-electron chi connectivity index (χ1n) is 8.00. The molecule has 0 saturated heterocycles. The molecule has 21 heavy (non-hydrogen) atoms. The van der Waals surface area contributed by atoms with Gasteiger partial charge in [0, 0.05) is 25.7 Å². The van der Waals surface area contributed by atoms with Crippen LogP contribution >= 0.6 is 0 Å². The second-order valence-electron chi connectivity index (χ2n) is 5.75. The third-order valence-corrected chi connectivity index (χ3v) is 3.94. The number of amides is 1. The summed E-state index contributed by atoms with van der Waals surface area (Å²) in [6.07, 6.45) is 3.26. The molecule has 1 aliphatic carbocycles. The molecule has 4 heteroatoms. The first kappa shape index (κ1) is 16.0. The largest absolute Gasteiger partial charge is 0.339 e. The molecule has 0 aliphatic heterocycles. The summed E-state index contributed by atoms with van der Waals surface area (Å²) in [6.45, 7) is 5.74. The van der Waals surface area contributed by atoms with Gasteiger partial charge in [-0.2, -0.15) is 0 Å². The lowest BCUT2D eigenvalue weighted by Gasteiger charge is -2.26. The van der Waals surface area contributed by atoms with Crippen LogP contribution in [0.3, 0.4) is 0 Å². The minimum atomic E-state index is 0.257. The first-order chi connectivity index (χ1) is 10.2. The number of benzene rings is 1. The van der Waals surface area contributed by atoms with Crippen LogP contribution in [0.25, 0.3) is 0 Å². The molecule has 1 aliphatic rings. The lowest BCUT2D eigenvalue weighted by Crippen LogP contribution is -2.41.